The van der Waals surface area contributed by atoms with Crippen LogP contribution < -0.4 is 10.2 Å². The minimum atomic E-state index is 0. The Kier molecular flexibility index (Phi) is 6.75. The Bertz CT molecular complexity index is 973. The zero-order valence-electron chi connectivity index (χ0n) is 17.4. The highest BCUT2D eigenvalue weighted by Gasteiger charge is 2.24. The molecule has 3 aromatic rings. The largest absolute Gasteiger partial charge is 0.354 e. The van der Waals surface area contributed by atoms with Gasteiger partial charge in [0, 0.05) is 19.3 Å². The van der Waals surface area contributed by atoms with Gasteiger partial charge >= 0.3 is 0 Å². The average molecular weight is 409 g/mol. The van der Waals surface area contributed by atoms with Crippen molar-refractivity contribution in [1.82, 2.24) is 9.97 Å². The molecule has 1 atom stereocenters. The maximum absolute atomic E-state index is 4.79. The first-order valence-corrected chi connectivity index (χ1v) is 10.1. The van der Waals surface area contributed by atoms with Gasteiger partial charge in [0.1, 0.15) is 5.82 Å². The van der Waals surface area contributed by atoms with E-state index in [1.54, 1.807) is 0 Å². The van der Waals surface area contributed by atoms with Gasteiger partial charge in [-0.1, -0.05) is 42.5 Å². The highest BCUT2D eigenvalue weighted by Crippen LogP contribution is 2.32. The molecule has 152 valence electrons. The lowest BCUT2D eigenvalue weighted by atomic mass is 9.94. The molecule has 0 fully saturated rings. The standard InChI is InChI=1S/C24H28N4.ClH/c1-17-7-6-9-20(18(17)2)11-14-25-24-26-15-12-23(27-24)28-16-13-21-8-4-5-10-22(21)19(28)3;/h4-10,12,15,19H,11,13-14,16H2,1-3H3,(H,25,26,27);1H. The number of nitrogens with zero attached hydrogens (tertiary/aromatic N) is 3. The van der Waals surface area contributed by atoms with Crippen molar-refractivity contribution in [1.29, 1.82) is 0 Å². The van der Waals surface area contributed by atoms with E-state index < -0.39 is 0 Å². The van der Waals surface area contributed by atoms with Gasteiger partial charge in [-0.2, -0.15) is 4.98 Å². The van der Waals surface area contributed by atoms with Gasteiger partial charge in [-0.15, -0.1) is 12.4 Å². The fraction of sp³-hybridized carbons (Fsp3) is 0.333. The van der Waals surface area contributed by atoms with Gasteiger partial charge in [-0.3, -0.25) is 0 Å². The summed E-state index contributed by atoms with van der Waals surface area (Å²) < 4.78 is 0. The third-order valence-electron chi connectivity index (χ3n) is 5.92. The van der Waals surface area contributed by atoms with Gasteiger partial charge < -0.3 is 10.2 Å². The van der Waals surface area contributed by atoms with Crippen LogP contribution in [0.4, 0.5) is 11.8 Å². The molecule has 29 heavy (non-hydrogen) atoms. The van der Waals surface area contributed by atoms with Gasteiger partial charge in [0.25, 0.3) is 0 Å². The summed E-state index contributed by atoms with van der Waals surface area (Å²) >= 11 is 0. The van der Waals surface area contributed by atoms with Crippen molar-refractivity contribution >= 4 is 24.2 Å². The Morgan fingerprint density at radius 2 is 1.90 bits per heavy atom. The molecule has 0 saturated heterocycles. The molecule has 2 aromatic carbocycles. The van der Waals surface area contributed by atoms with E-state index in [1.807, 2.05) is 12.3 Å². The van der Waals surface area contributed by atoms with Crippen molar-refractivity contribution in [2.75, 3.05) is 23.3 Å². The highest BCUT2D eigenvalue weighted by atomic mass is 35.5. The third-order valence-corrected chi connectivity index (χ3v) is 5.92. The smallest absolute Gasteiger partial charge is 0.224 e. The van der Waals surface area contributed by atoms with Gasteiger partial charge in [-0.05, 0) is 67.5 Å². The van der Waals surface area contributed by atoms with E-state index in [1.165, 1.54) is 27.8 Å². The molecular weight excluding hydrogens is 380 g/mol. The minimum absolute atomic E-state index is 0. The molecule has 0 spiro atoms. The van der Waals surface area contributed by atoms with Gasteiger partial charge in [0.05, 0.1) is 6.04 Å². The molecule has 0 radical (unpaired) electrons. The Balaban J connectivity index is 0.00000240. The Morgan fingerprint density at radius 1 is 1.07 bits per heavy atom. The van der Waals surface area contributed by atoms with E-state index in [-0.39, 0.29) is 12.4 Å². The van der Waals surface area contributed by atoms with Crippen LogP contribution in [0.15, 0.2) is 54.7 Å². The van der Waals surface area contributed by atoms with E-state index in [0.717, 1.165) is 31.7 Å². The number of hydrogen-bond acceptors (Lipinski definition) is 4. The summed E-state index contributed by atoms with van der Waals surface area (Å²) in [5.41, 5.74) is 6.95. The maximum Gasteiger partial charge on any atom is 0.224 e. The second-order valence-corrected chi connectivity index (χ2v) is 7.59. The Labute approximate surface area is 179 Å². The van der Waals surface area contributed by atoms with Crippen LogP contribution in [0, 0.1) is 13.8 Å². The first-order chi connectivity index (χ1) is 13.6. The Morgan fingerprint density at radius 3 is 2.76 bits per heavy atom. The fourth-order valence-corrected chi connectivity index (χ4v) is 4.07. The van der Waals surface area contributed by atoms with Gasteiger partial charge in [-0.25, -0.2) is 4.98 Å². The van der Waals surface area contributed by atoms with Gasteiger partial charge in [0.2, 0.25) is 5.95 Å². The number of halogens is 1. The lowest BCUT2D eigenvalue weighted by molar-refractivity contribution is 0.616. The summed E-state index contributed by atoms with van der Waals surface area (Å²) in [4.78, 5) is 11.6. The molecule has 1 aliphatic heterocycles. The van der Waals surface area contributed by atoms with Crippen LogP contribution >= 0.6 is 12.4 Å². The zero-order chi connectivity index (χ0) is 19.5. The number of nitrogens with one attached hydrogen (secondary N) is 1. The fourth-order valence-electron chi connectivity index (χ4n) is 4.07. The lowest BCUT2D eigenvalue weighted by Gasteiger charge is -2.36. The molecule has 0 saturated carbocycles. The molecule has 5 heteroatoms. The SMILES string of the molecule is Cc1cccc(CCNc2nccc(N3CCc4ccccc4C3C)n2)c1C.Cl. The molecule has 1 aromatic heterocycles. The van der Waals surface area contributed by atoms with Crippen molar-refractivity contribution < 1.29 is 0 Å². The number of anilines is 2. The number of fused-ring (bicyclic) bond motifs is 1. The topological polar surface area (TPSA) is 41.1 Å². The van der Waals surface area contributed by atoms with Crippen LogP contribution in [0.1, 0.15) is 40.8 Å². The van der Waals surface area contributed by atoms with Crippen molar-refractivity contribution in [3.8, 4) is 0 Å². The summed E-state index contributed by atoms with van der Waals surface area (Å²) in [6.07, 6.45) is 3.88. The van der Waals surface area contributed by atoms with Gasteiger partial charge in [0.15, 0.2) is 0 Å². The van der Waals surface area contributed by atoms with Crippen LogP contribution in [0.2, 0.25) is 0 Å². The lowest BCUT2D eigenvalue weighted by Crippen LogP contribution is -2.34. The second-order valence-electron chi connectivity index (χ2n) is 7.59. The van der Waals surface area contributed by atoms with E-state index in [9.17, 15) is 0 Å². The van der Waals surface area contributed by atoms with Crippen LogP contribution in [-0.4, -0.2) is 23.1 Å². The Hall–Kier alpha value is -2.59. The molecule has 0 aliphatic carbocycles. The predicted molar refractivity (Wildman–Crippen MR) is 123 cm³/mol. The van der Waals surface area contributed by atoms with Crippen molar-refractivity contribution in [3.63, 3.8) is 0 Å². The van der Waals surface area contributed by atoms with E-state index in [4.69, 9.17) is 4.98 Å². The zero-order valence-corrected chi connectivity index (χ0v) is 18.2. The normalized spacial score (nSPS) is 15.4. The molecular formula is C24H29ClN4. The first-order valence-electron chi connectivity index (χ1n) is 10.1. The third kappa shape index (κ3) is 4.54. The number of hydrogen-bond donors (Lipinski definition) is 1. The van der Waals surface area contributed by atoms with Crippen LogP contribution in [0.3, 0.4) is 0 Å². The maximum atomic E-state index is 4.79. The number of aryl methyl sites for hydroxylation is 1. The number of benzene rings is 2. The summed E-state index contributed by atoms with van der Waals surface area (Å²) in [6.45, 7) is 8.42. The van der Waals surface area contributed by atoms with Crippen molar-refractivity contribution in [2.45, 2.75) is 39.7 Å². The highest BCUT2D eigenvalue weighted by molar-refractivity contribution is 5.85. The van der Waals surface area contributed by atoms with E-state index in [0.29, 0.717) is 12.0 Å². The molecule has 1 unspecified atom stereocenters. The summed E-state index contributed by atoms with van der Waals surface area (Å²) in [6, 6.07) is 17.6. The van der Waals surface area contributed by atoms with Crippen LogP contribution in [-0.2, 0) is 12.8 Å². The van der Waals surface area contributed by atoms with E-state index >= 15 is 0 Å². The predicted octanol–water partition coefficient (Wildman–Crippen LogP) is 5.29. The first kappa shape index (κ1) is 21.1. The molecule has 1 aliphatic rings. The summed E-state index contributed by atoms with van der Waals surface area (Å²) in [5.74, 6) is 1.69. The van der Waals surface area contributed by atoms with E-state index in [2.05, 4.69) is 78.4 Å². The number of rotatable bonds is 5. The summed E-state index contributed by atoms with van der Waals surface area (Å²) in [5, 5.41) is 3.40. The molecule has 4 nitrogen and oxygen atoms in total. The van der Waals surface area contributed by atoms with Crippen LogP contribution in [0.5, 0.6) is 0 Å². The molecule has 0 bridgehead atoms. The quantitative estimate of drug-likeness (QED) is 0.622. The van der Waals surface area contributed by atoms with Crippen LogP contribution in [0.25, 0.3) is 0 Å². The molecule has 2 heterocycles. The number of aromatic nitrogens is 2. The molecule has 0 amide bonds. The summed E-state index contributed by atoms with van der Waals surface area (Å²) in [7, 11) is 0. The monoisotopic (exact) mass is 408 g/mol. The average Bonchev–Trinajstić information content (AvgIpc) is 2.72. The minimum Gasteiger partial charge on any atom is -0.354 e. The van der Waals surface area contributed by atoms with Crippen molar-refractivity contribution in [3.05, 3.63) is 82.5 Å². The van der Waals surface area contributed by atoms with Crippen molar-refractivity contribution in [2.24, 2.45) is 0 Å². The molecule has 4 rings (SSSR count). The molecule has 1 N–H and O–H groups in total. The second kappa shape index (κ2) is 9.27.